The number of nitrogens with zero attached hydrogens (tertiary/aromatic N) is 1. The summed E-state index contributed by atoms with van der Waals surface area (Å²) in [5, 5.41) is 0.969. The molecule has 1 aromatic carbocycles. The normalized spacial score (nSPS) is 10.9. The fourth-order valence-electron chi connectivity index (χ4n) is 2.01. The third-order valence-corrected chi connectivity index (χ3v) is 4.37. The van der Waals surface area contributed by atoms with Gasteiger partial charge in [0.25, 0.3) is 5.91 Å². The van der Waals surface area contributed by atoms with Gasteiger partial charge in [-0.05, 0) is 26.0 Å². The maximum Gasteiger partial charge on any atom is 0.265 e. The molecule has 1 aromatic heterocycles. The summed E-state index contributed by atoms with van der Waals surface area (Å²) < 4.78 is 6.32. The van der Waals surface area contributed by atoms with E-state index in [-0.39, 0.29) is 5.91 Å². The number of carbonyl (C=O) groups excluding carboxylic acids is 1. The van der Waals surface area contributed by atoms with E-state index in [0.717, 1.165) is 15.6 Å². The van der Waals surface area contributed by atoms with Crippen molar-refractivity contribution in [1.82, 2.24) is 4.90 Å². The van der Waals surface area contributed by atoms with Crippen molar-refractivity contribution < 1.29 is 9.53 Å². The summed E-state index contributed by atoms with van der Waals surface area (Å²) in [6.07, 6.45) is 0. The molecule has 0 unspecified atom stereocenters. The Labute approximate surface area is 123 Å². The van der Waals surface area contributed by atoms with Crippen molar-refractivity contribution in [2.24, 2.45) is 0 Å². The van der Waals surface area contributed by atoms with Crippen LogP contribution in [-0.2, 0) is 4.74 Å². The van der Waals surface area contributed by atoms with E-state index in [1.54, 1.807) is 11.9 Å². The lowest BCUT2D eigenvalue weighted by molar-refractivity contribution is 0.0715. The predicted octanol–water partition coefficient (Wildman–Crippen LogP) is 2.90. The average molecular weight is 292 g/mol. The van der Waals surface area contributed by atoms with E-state index in [1.165, 1.54) is 11.3 Å². The van der Waals surface area contributed by atoms with Crippen LogP contribution in [0.1, 0.15) is 22.2 Å². The van der Waals surface area contributed by atoms with Crippen LogP contribution in [0.25, 0.3) is 10.1 Å². The average Bonchev–Trinajstić information content (AvgIpc) is 2.75. The van der Waals surface area contributed by atoms with Gasteiger partial charge in [-0.2, -0.15) is 0 Å². The first-order valence-corrected chi connectivity index (χ1v) is 7.48. The largest absolute Gasteiger partial charge is 0.397 e. The molecule has 1 heterocycles. The van der Waals surface area contributed by atoms with Crippen LogP contribution in [0.4, 0.5) is 5.69 Å². The summed E-state index contributed by atoms with van der Waals surface area (Å²) >= 11 is 1.45. The highest BCUT2D eigenvalue weighted by Crippen LogP contribution is 2.34. The first-order chi connectivity index (χ1) is 9.54. The number of likely N-dealkylation sites (N-methyl/N-ethyl adjacent to an activating group) is 1. The topological polar surface area (TPSA) is 55.6 Å². The monoisotopic (exact) mass is 292 g/mol. The highest BCUT2D eigenvalue weighted by atomic mass is 32.1. The second-order valence-electron chi connectivity index (χ2n) is 4.77. The molecule has 0 aliphatic rings. The van der Waals surface area contributed by atoms with E-state index >= 15 is 0 Å². The number of amides is 1. The van der Waals surface area contributed by atoms with Crippen LogP contribution in [0.2, 0.25) is 0 Å². The molecule has 0 saturated carbocycles. The van der Waals surface area contributed by atoms with E-state index < -0.39 is 0 Å². The molecule has 0 aliphatic carbocycles. The maximum atomic E-state index is 12.4. The lowest BCUT2D eigenvalue weighted by Crippen LogP contribution is -2.30. The van der Waals surface area contributed by atoms with Crippen molar-refractivity contribution in [1.29, 1.82) is 0 Å². The Morgan fingerprint density at radius 1 is 1.45 bits per heavy atom. The van der Waals surface area contributed by atoms with Crippen LogP contribution in [0, 0.1) is 6.92 Å². The molecule has 0 bridgehead atoms. The molecule has 2 N–H and O–H groups in total. The predicted molar refractivity (Wildman–Crippen MR) is 84.4 cm³/mol. The Hall–Kier alpha value is -1.59. The van der Waals surface area contributed by atoms with Crippen LogP contribution < -0.4 is 5.73 Å². The van der Waals surface area contributed by atoms with Gasteiger partial charge in [0.15, 0.2) is 0 Å². The molecule has 0 aliphatic heterocycles. The lowest BCUT2D eigenvalue weighted by Gasteiger charge is -2.16. The van der Waals surface area contributed by atoms with Gasteiger partial charge in [0.1, 0.15) is 4.88 Å². The Morgan fingerprint density at radius 2 is 2.20 bits per heavy atom. The number of nitrogen functional groups attached to an aromatic ring is 1. The fraction of sp³-hybridized carbons (Fsp3) is 0.400. The van der Waals surface area contributed by atoms with Crippen LogP contribution in [0.5, 0.6) is 0 Å². The molecule has 2 aromatic rings. The van der Waals surface area contributed by atoms with Gasteiger partial charge in [-0.1, -0.05) is 11.6 Å². The van der Waals surface area contributed by atoms with Crippen LogP contribution in [0.3, 0.4) is 0 Å². The van der Waals surface area contributed by atoms with E-state index in [2.05, 4.69) is 0 Å². The Bertz CT molecular complexity index is 622. The van der Waals surface area contributed by atoms with Gasteiger partial charge in [0, 0.05) is 30.3 Å². The van der Waals surface area contributed by atoms with Crippen LogP contribution >= 0.6 is 11.3 Å². The van der Waals surface area contributed by atoms with Crippen LogP contribution in [0.15, 0.2) is 18.2 Å². The minimum atomic E-state index is -0.0407. The Balaban J connectivity index is 2.24. The van der Waals surface area contributed by atoms with Crippen molar-refractivity contribution in [3.05, 3.63) is 28.6 Å². The van der Waals surface area contributed by atoms with E-state index in [1.807, 2.05) is 32.0 Å². The molecular weight excluding hydrogens is 272 g/mol. The fourth-order valence-corrected chi connectivity index (χ4v) is 3.11. The van der Waals surface area contributed by atoms with Crippen molar-refractivity contribution in [2.75, 3.05) is 32.5 Å². The zero-order valence-corrected chi connectivity index (χ0v) is 12.9. The summed E-state index contributed by atoms with van der Waals surface area (Å²) in [5.41, 5.74) is 7.86. The molecule has 4 nitrogen and oxygen atoms in total. The third kappa shape index (κ3) is 2.94. The minimum Gasteiger partial charge on any atom is -0.397 e. The van der Waals surface area contributed by atoms with Crippen molar-refractivity contribution in [2.45, 2.75) is 13.8 Å². The van der Waals surface area contributed by atoms with E-state index in [9.17, 15) is 4.79 Å². The Kier molecular flexibility index (Phi) is 4.62. The highest BCUT2D eigenvalue weighted by molar-refractivity contribution is 7.21. The lowest BCUT2D eigenvalue weighted by atomic mass is 10.1. The first-order valence-electron chi connectivity index (χ1n) is 6.66. The summed E-state index contributed by atoms with van der Waals surface area (Å²) in [5.74, 6) is -0.0407. The first kappa shape index (κ1) is 14.8. The highest BCUT2D eigenvalue weighted by Gasteiger charge is 2.19. The summed E-state index contributed by atoms with van der Waals surface area (Å²) in [6.45, 7) is 5.73. The Morgan fingerprint density at radius 3 is 2.90 bits per heavy atom. The third-order valence-electron chi connectivity index (χ3n) is 3.20. The van der Waals surface area contributed by atoms with Gasteiger partial charge in [0.05, 0.1) is 12.3 Å². The molecule has 108 valence electrons. The second kappa shape index (κ2) is 6.24. The van der Waals surface area contributed by atoms with Crippen molar-refractivity contribution in [3.63, 3.8) is 0 Å². The summed E-state index contributed by atoms with van der Waals surface area (Å²) in [4.78, 5) is 14.7. The van der Waals surface area contributed by atoms with Gasteiger partial charge in [-0.15, -0.1) is 11.3 Å². The summed E-state index contributed by atoms with van der Waals surface area (Å²) in [7, 11) is 1.77. The SMILES string of the molecule is CCOCCN(C)C(=O)c1sc2ccc(C)cc2c1N. The number of ether oxygens (including phenoxy) is 1. The number of fused-ring (bicyclic) bond motifs is 1. The molecule has 0 spiro atoms. The molecule has 20 heavy (non-hydrogen) atoms. The second-order valence-corrected chi connectivity index (χ2v) is 5.82. The molecule has 2 rings (SSSR count). The number of benzene rings is 1. The van der Waals surface area contributed by atoms with E-state index in [0.29, 0.717) is 30.3 Å². The van der Waals surface area contributed by atoms with Gasteiger partial charge < -0.3 is 15.4 Å². The minimum absolute atomic E-state index is 0.0407. The number of nitrogens with two attached hydrogens (primary N) is 1. The van der Waals surface area contributed by atoms with Crippen molar-refractivity contribution in [3.8, 4) is 0 Å². The standard InChI is InChI=1S/C15H20N2O2S/c1-4-19-8-7-17(3)15(18)14-13(16)11-9-10(2)5-6-12(11)20-14/h5-6,9H,4,7-8,16H2,1-3H3. The van der Waals surface area contributed by atoms with E-state index in [4.69, 9.17) is 10.5 Å². The number of rotatable bonds is 5. The van der Waals surface area contributed by atoms with Crippen molar-refractivity contribution >= 4 is 33.0 Å². The number of hydrogen-bond donors (Lipinski definition) is 1. The zero-order valence-electron chi connectivity index (χ0n) is 12.1. The van der Waals surface area contributed by atoms with Gasteiger partial charge >= 0.3 is 0 Å². The van der Waals surface area contributed by atoms with Gasteiger partial charge in [0.2, 0.25) is 0 Å². The van der Waals surface area contributed by atoms with Crippen LogP contribution in [-0.4, -0.2) is 37.6 Å². The number of aryl methyl sites for hydroxylation is 1. The quantitative estimate of drug-likeness (QED) is 0.862. The molecule has 0 radical (unpaired) electrons. The molecule has 0 atom stereocenters. The molecule has 0 saturated heterocycles. The molecule has 0 fully saturated rings. The van der Waals surface area contributed by atoms with Gasteiger partial charge in [-0.3, -0.25) is 4.79 Å². The molecule has 1 amide bonds. The summed E-state index contributed by atoms with van der Waals surface area (Å²) in [6, 6.07) is 6.08. The molecule has 5 heteroatoms. The number of anilines is 1. The number of carbonyl (C=O) groups is 1. The number of thiophene rings is 1. The maximum absolute atomic E-state index is 12.4. The number of hydrogen-bond acceptors (Lipinski definition) is 4. The zero-order chi connectivity index (χ0) is 14.7. The molecular formula is C15H20N2O2S. The van der Waals surface area contributed by atoms with Gasteiger partial charge in [-0.25, -0.2) is 0 Å². The smallest absolute Gasteiger partial charge is 0.265 e.